The number of halogens is 2. The second-order valence-electron chi connectivity index (χ2n) is 5.22. The first-order chi connectivity index (χ1) is 11.1. The van der Waals surface area contributed by atoms with Crippen molar-refractivity contribution in [3.63, 3.8) is 0 Å². The summed E-state index contributed by atoms with van der Waals surface area (Å²) >= 11 is 12.1. The number of pyridine rings is 2. The summed E-state index contributed by atoms with van der Waals surface area (Å²) in [5, 5.41) is 1.74. The summed E-state index contributed by atoms with van der Waals surface area (Å²) in [6.07, 6.45) is 2.72. The Labute approximate surface area is 144 Å². The Kier molecular flexibility index (Phi) is 4.60. The number of carbonyl (C=O) groups excluding carboxylic acids is 1. The Balaban J connectivity index is 1.97. The van der Waals surface area contributed by atoms with Crippen molar-refractivity contribution in [1.29, 1.82) is 0 Å². The van der Waals surface area contributed by atoms with E-state index in [1.54, 1.807) is 24.4 Å². The van der Waals surface area contributed by atoms with E-state index in [1.807, 2.05) is 25.1 Å². The summed E-state index contributed by atoms with van der Waals surface area (Å²) in [5.41, 5.74) is 2.97. The lowest BCUT2D eigenvalue weighted by molar-refractivity contribution is 0.0988. The molecule has 0 atom stereocenters. The van der Waals surface area contributed by atoms with E-state index < -0.39 is 0 Å². The Morgan fingerprint density at radius 1 is 1.13 bits per heavy atom. The molecule has 0 amide bonds. The number of fused-ring (bicyclic) bond motifs is 1. The van der Waals surface area contributed by atoms with Gasteiger partial charge in [-0.15, -0.1) is 0 Å². The number of aromatic nitrogens is 2. The lowest BCUT2D eigenvalue weighted by Gasteiger charge is -2.07. The van der Waals surface area contributed by atoms with Crippen molar-refractivity contribution in [3.05, 3.63) is 69.6 Å². The van der Waals surface area contributed by atoms with Gasteiger partial charge >= 0.3 is 0 Å². The van der Waals surface area contributed by atoms with Crippen LogP contribution in [0.3, 0.4) is 0 Å². The molecule has 3 rings (SSSR count). The summed E-state index contributed by atoms with van der Waals surface area (Å²) in [4.78, 5) is 21.2. The van der Waals surface area contributed by atoms with Gasteiger partial charge in [-0.25, -0.2) is 4.98 Å². The Morgan fingerprint density at radius 3 is 2.70 bits per heavy atom. The average Bonchev–Trinajstić information content (AvgIpc) is 2.56. The molecule has 2 heterocycles. The number of aryl methyl sites for hydroxylation is 1. The van der Waals surface area contributed by atoms with Crippen LogP contribution in [0.2, 0.25) is 10.0 Å². The molecule has 0 aliphatic carbocycles. The molecule has 2 aromatic heterocycles. The van der Waals surface area contributed by atoms with Crippen LogP contribution in [0.1, 0.15) is 28.7 Å². The van der Waals surface area contributed by atoms with Gasteiger partial charge < -0.3 is 0 Å². The molecule has 116 valence electrons. The van der Waals surface area contributed by atoms with Gasteiger partial charge in [0.2, 0.25) is 0 Å². The third-order valence-corrected chi connectivity index (χ3v) is 4.40. The number of benzene rings is 1. The van der Waals surface area contributed by atoms with Gasteiger partial charge in [-0.3, -0.25) is 9.78 Å². The molecule has 3 nitrogen and oxygen atoms in total. The van der Waals surface area contributed by atoms with Gasteiger partial charge in [0.25, 0.3) is 0 Å². The summed E-state index contributed by atoms with van der Waals surface area (Å²) < 4.78 is 0. The number of hydrogen-bond acceptors (Lipinski definition) is 3. The van der Waals surface area contributed by atoms with Crippen molar-refractivity contribution in [3.8, 4) is 0 Å². The molecule has 0 aliphatic rings. The minimum Gasteiger partial charge on any atom is -0.292 e. The number of ketones is 1. The molecule has 0 radical (unpaired) electrons. The van der Waals surface area contributed by atoms with Crippen LogP contribution in [-0.2, 0) is 12.8 Å². The van der Waals surface area contributed by atoms with E-state index in [9.17, 15) is 4.79 Å². The highest BCUT2D eigenvalue weighted by Gasteiger charge is 2.13. The van der Waals surface area contributed by atoms with Crippen molar-refractivity contribution >= 4 is 39.9 Å². The minimum absolute atomic E-state index is 0.0288. The molecular weight excluding hydrogens is 331 g/mol. The summed E-state index contributed by atoms with van der Waals surface area (Å²) in [7, 11) is 0. The summed E-state index contributed by atoms with van der Waals surface area (Å²) in [5.74, 6) is -0.0288. The highest BCUT2D eigenvalue weighted by molar-refractivity contribution is 6.42. The molecular formula is C18H14Cl2N2O. The predicted molar refractivity (Wildman–Crippen MR) is 93.4 cm³/mol. The zero-order chi connectivity index (χ0) is 16.4. The zero-order valence-electron chi connectivity index (χ0n) is 12.5. The highest BCUT2D eigenvalue weighted by atomic mass is 35.5. The van der Waals surface area contributed by atoms with E-state index >= 15 is 0 Å². The van der Waals surface area contributed by atoms with Crippen LogP contribution < -0.4 is 0 Å². The smallest absolute Gasteiger partial charge is 0.185 e. The second-order valence-corrected chi connectivity index (χ2v) is 6.04. The van der Waals surface area contributed by atoms with Crippen LogP contribution in [0.4, 0.5) is 0 Å². The monoisotopic (exact) mass is 344 g/mol. The van der Waals surface area contributed by atoms with Gasteiger partial charge in [-0.05, 0) is 42.3 Å². The maximum Gasteiger partial charge on any atom is 0.185 e. The van der Waals surface area contributed by atoms with Crippen LogP contribution in [-0.4, -0.2) is 15.8 Å². The van der Waals surface area contributed by atoms with Crippen LogP contribution in [0.15, 0.2) is 42.6 Å². The fourth-order valence-electron chi connectivity index (χ4n) is 2.45. The molecule has 0 saturated heterocycles. The average molecular weight is 345 g/mol. The molecule has 0 N–H and O–H groups in total. The van der Waals surface area contributed by atoms with E-state index in [4.69, 9.17) is 23.2 Å². The van der Waals surface area contributed by atoms with Crippen molar-refractivity contribution in [1.82, 2.24) is 9.97 Å². The number of hydrogen-bond donors (Lipinski definition) is 0. The second kappa shape index (κ2) is 6.65. The van der Waals surface area contributed by atoms with E-state index in [-0.39, 0.29) is 12.2 Å². The topological polar surface area (TPSA) is 42.9 Å². The number of Topliss-reactive ketones (excluding diaryl/α,β-unsaturated/α-hetero) is 1. The van der Waals surface area contributed by atoms with E-state index in [0.29, 0.717) is 15.7 Å². The molecule has 0 aliphatic heterocycles. The first kappa shape index (κ1) is 15.9. The molecule has 3 aromatic rings. The molecule has 0 bridgehead atoms. The third kappa shape index (κ3) is 3.36. The lowest BCUT2D eigenvalue weighted by Crippen LogP contribution is -2.07. The van der Waals surface area contributed by atoms with Crippen LogP contribution >= 0.6 is 23.2 Å². The molecule has 0 spiro atoms. The largest absolute Gasteiger partial charge is 0.292 e. The molecule has 0 unspecified atom stereocenters. The minimum atomic E-state index is -0.0288. The number of carbonyl (C=O) groups is 1. The Morgan fingerprint density at radius 2 is 1.91 bits per heavy atom. The van der Waals surface area contributed by atoms with Gasteiger partial charge in [-0.1, -0.05) is 36.2 Å². The van der Waals surface area contributed by atoms with Crippen LogP contribution in [0.5, 0.6) is 0 Å². The van der Waals surface area contributed by atoms with Crippen molar-refractivity contribution in [2.45, 2.75) is 19.8 Å². The highest BCUT2D eigenvalue weighted by Crippen LogP contribution is 2.29. The fourth-order valence-corrected chi connectivity index (χ4v) is 2.77. The van der Waals surface area contributed by atoms with Gasteiger partial charge in [0.15, 0.2) is 5.78 Å². The van der Waals surface area contributed by atoms with Crippen LogP contribution in [0, 0.1) is 0 Å². The SMILES string of the molecule is CCc1cccc(C(=O)Cc2ccnc3cc(Cl)c(Cl)cc23)n1. The maximum absolute atomic E-state index is 12.5. The van der Waals surface area contributed by atoms with Crippen LogP contribution in [0.25, 0.3) is 10.9 Å². The Hall–Kier alpha value is -1.97. The van der Waals surface area contributed by atoms with Crippen molar-refractivity contribution in [2.75, 3.05) is 0 Å². The first-order valence-electron chi connectivity index (χ1n) is 7.30. The lowest BCUT2D eigenvalue weighted by atomic mass is 10.0. The van der Waals surface area contributed by atoms with E-state index in [2.05, 4.69) is 9.97 Å². The quantitative estimate of drug-likeness (QED) is 0.630. The zero-order valence-corrected chi connectivity index (χ0v) is 14.0. The molecule has 1 aromatic carbocycles. The fraction of sp³-hybridized carbons (Fsp3) is 0.167. The van der Waals surface area contributed by atoms with Crippen molar-refractivity contribution < 1.29 is 4.79 Å². The van der Waals surface area contributed by atoms with E-state index in [0.717, 1.165) is 28.6 Å². The first-order valence-corrected chi connectivity index (χ1v) is 8.06. The molecule has 5 heteroatoms. The predicted octanol–water partition coefficient (Wildman–Crippen LogP) is 4.92. The van der Waals surface area contributed by atoms with Gasteiger partial charge in [0.1, 0.15) is 5.69 Å². The molecule has 23 heavy (non-hydrogen) atoms. The number of nitrogens with zero attached hydrogens (tertiary/aromatic N) is 2. The van der Waals surface area contributed by atoms with E-state index in [1.165, 1.54) is 0 Å². The maximum atomic E-state index is 12.5. The summed E-state index contributed by atoms with van der Waals surface area (Å²) in [6.45, 7) is 2.01. The number of rotatable bonds is 4. The van der Waals surface area contributed by atoms with Gasteiger partial charge in [-0.2, -0.15) is 0 Å². The molecule has 0 fully saturated rings. The Bertz CT molecular complexity index is 893. The van der Waals surface area contributed by atoms with Crippen molar-refractivity contribution in [2.24, 2.45) is 0 Å². The normalized spacial score (nSPS) is 10.9. The summed E-state index contributed by atoms with van der Waals surface area (Å²) in [6, 6.07) is 10.8. The molecule has 0 saturated carbocycles. The third-order valence-electron chi connectivity index (χ3n) is 3.68. The van der Waals surface area contributed by atoms with Gasteiger partial charge in [0.05, 0.1) is 15.6 Å². The standard InChI is InChI=1S/C18H14Cl2N2O/c1-2-12-4-3-5-16(22-12)18(23)8-11-6-7-21-17-10-15(20)14(19)9-13(11)17/h3-7,9-10H,2,8H2,1H3. The van der Waals surface area contributed by atoms with Gasteiger partial charge in [0, 0.05) is 23.7 Å².